The number of aryl methyl sites for hydroxylation is 2. The summed E-state index contributed by atoms with van der Waals surface area (Å²) >= 11 is 6.22. The molecule has 2 heterocycles. The molecule has 0 unspecified atom stereocenters. The number of carbonyl (C=O) groups excluding carboxylic acids is 1. The van der Waals surface area contributed by atoms with Crippen LogP contribution in [0.3, 0.4) is 0 Å². The van der Waals surface area contributed by atoms with Crippen molar-refractivity contribution >= 4 is 44.3 Å². The summed E-state index contributed by atoms with van der Waals surface area (Å²) in [6.07, 6.45) is -5.77. The standard InChI is InChI=1S/C20H16ClF3N2O3S/c1-11-6-8-12(9-7-11)30(28,29)26-16(27)10-13(20(22,23)24)17-18-14(21)4-3-5-15(18)25(2)19(17)26/h3-9,13H,10H2,1-2H3/t13-/m0/s1. The molecule has 0 N–H and O–H groups in total. The maximum absolute atomic E-state index is 13.9. The predicted octanol–water partition coefficient (Wildman–Crippen LogP) is 4.91. The van der Waals surface area contributed by atoms with E-state index in [1.54, 1.807) is 25.1 Å². The van der Waals surface area contributed by atoms with Gasteiger partial charge in [-0.25, -0.2) is 8.42 Å². The van der Waals surface area contributed by atoms with Gasteiger partial charge in [0, 0.05) is 24.4 Å². The SMILES string of the molecule is Cc1ccc(S(=O)(=O)N2C(=O)C[C@H](C(F)(F)F)c3c2n(C)c2cccc(Cl)c32)cc1. The van der Waals surface area contributed by atoms with Crippen LogP contribution >= 0.6 is 11.6 Å². The molecule has 4 rings (SSSR count). The molecule has 0 fully saturated rings. The molecule has 1 aliphatic rings. The van der Waals surface area contributed by atoms with Gasteiger partial charge in [0.15, 0.2) is 0 Å². The van der Waals surface area contributed by atoms with Crippen molar-refractivity contribution in [3.8, 4) is 0 Å². The van der Waals surface area contributed by atoms with E-state index in [0.29, 0.717) is 9.82 Å². The average Bonchev–Trinajstić information content (AvgIpc) is 2.94. The second kappa shape index (κ2) is 6.75. The number of hydrogen-bond acceptors (Lipinski definition) is 3. The van der Waals surface area contributed by atoms with E-state index >= 15 is 0 Å². The Kier molecular flexibility index (Phi) is 4.66. The zero-order chi connectivity index (χ0) is 22.0. The highest BCUT2D eigenvalue weighted by Gasteiger charge is 2.52. The van der Waals surface area contributed by atoms with Gasteiger partial charge in [0.1, 0.15) is 5.82 Å². The smallest absolute Gasteiger partial charge is 0.329 e. The summed E-state index contributed by atoms with van der Waals surface area (Å²) < 4.78 is 70.0. The van der Waals surface area contributed by atoms with E-state index in [1.165, 1.54) is 35.9 Å². The van der Waals surface area contributed by atoms with E-state index in [9.17, 15) is 26.4 Å². The lowest BCUT2D eigenvalue weighted by molar-refractivity contribution is -0.157. The molecule has 3 aromatic rings. The van der Waals surface area contributed by atoms with Crippen molar-refractivity contribution in [2.45, 2.75) is 30.3 Å². The van der Waals surface area contributed by atoms with Crippen LogP contribution in [-0.4, -0.2) is 25.1 Å². The summed E-state index contributed by atoms with van der Waals surface area (Å²) in [6, 6.07) is 10.3. The Balaban J connectivity index is 2.07. The zero-order valence-corrected chi connectivity index (χ0v) is 17.4. The van der Waals surface area contributed by atoms with Gasteiger partial charge < -0.3 is 4.57 Å². The molecular weight excluding hydrogens is 441 g/mol. The van der Waals surface area contributed by atoms with Gasteiger partial charge in [0.25, 0.3) is 10.0 Å². The van der Waals surface area contributed by atoms with Crippen molar-refractivity contribution in [3.05, 3.63) is 58.6 Å². The summed E-state index contributed by atoms with van der Waals surface area (Å²) in [5.41, 5.74) is 0.801. The molecule has 1 aromatic heterocycles. The van der Waals surface area contributed by atoms with Gasteiger partial charge in [-0.1, -0.05) is 35.4 Å². The number of benzene rings is 2. The maximum atomic E-state index is 13.9. The van der Waals surface area contributed by atoms with E-state index in [-0.39, 0.29) is 26.7 Å². The molecule has 158 valence electrons. The van der Waals surface area contributed by atoms with Gasteiger partial charge in [-0.2, -0.15) is 17.5 Å². The number of carbonyl (C=O) groups is 1. The number of hydrogen-bond donors (Lipinski definition) is 0. The van der Waals surface area contributed by atoms with Crippen molar-refractivity contribution in [1.29, 1.82) is 0 Å². The number of sulfonamides is 1. The molecule has 0 saturated carbocycles. The highest BCUT2D eigenvalue weighted by Crippen LogP contribution is 2.51. The largest absolute Gasteiger partial charge is 0.396 e. The fourth-order valence-electron chi connectivity index (χ4n) is 3.86. The second-order valence-electron chi connectivity index (χ2n) is 7.20. The molecule has 2 aromatic carbocycles. The van der Waals surface area contributed by atoms with Crippen LogP contribution in [0.25, 0.3) is 10.9 Å². The number of fused-ring (bicyclic) bond motifs is 3. The minimum Gasteiger partial charge on any atom is -0.329 e. The Morgan fingerprint density at radius 1 is 1.10 bits per heavy atom. The summed E-state index contributed by atoms with van der Waals surface area (Å²) in [5.74, 6) is -3.64. The maximum Gasteiger partial charge on any atom is 0.396 e. The van der Waals surface area contributed by atoms with Gasteiger partial charge in [-0.05, 0) is 31.2 Å². The number of alkyl halides is 3. The number of rotatable bonds is 2. The van der Waals surface area contributed by atoms with E-state index in [2.05, 4.69) is 0 Å². The molecule has 10 heteroatoms. The first-order valence-electron chi connectivity index (χ1n) is 8.93. The van der Waals surface area contributed by atoms with Gasteiger partial charge in [-0.3, -0.25) is 4.79 Å². The Hall–Kier alpha value is -2.52. The molecule has 1 amide bonds. The number of anilines is 1. The fourth-order valence-corrected chi connectivity index (χ4v) is 5.62. The van der Waals surface area contributed by atoms with E-state index in [0.717, 1.165) is 5.56 Å². The van der Waals surface area contributed by atoms with Crippen LogP contribution < -0.4 is 4.31 Å². The van der Waals surface area contributed by atoms with Crippen LogP contribution in [0.2, 0.25) is 5.02 Å². The van der Waals surface area contributed by atoms with Crippen LogP contribution in [0.5, 0.6) is 0 Å². The normalized spacial score (nSPS) is 17.5. The zero-order valence-electron chi connectivity index (χ0n) is 15.9. The topological polar surface area (TPSA) is 59.4 Å². The third kappa shape index (κ3) is 2.99. The first-order valence-corrected chi connectivity index (χ1v) is 10.7. The van der Waals surface area contributed by atoms with Gasteiger partial charge >= 0.3 is 6.18 Å². The average molecular weight is 457 g/mol. The lowest BCUT2D eigenvalue weighted by atomic mass is 9.91. The molecule has 1 aliphatic heterocycles. The second-order valence-corrected chi connectivity index (χ2v) is 9.40. The molecule has 0 radical (unpaired) electrons. The third-order valence-electron chi connectivity index (χ3n) is 5.28. The first kappa shape index (κ1) is 20.7. The molecule has 0 spiro atoms. The van der Waals surface area contributed by atoms with Crippen LogP contribution in [0.15, 0.2) is 47.4 Å². The van der Waals surface area contributed by atoms with E-state index < -0.39 is 34.4 Å². The Morgan fingerprint density at radius 3 is 2.33 bits per heavy atom. The number of amides is 1. The molecule has 0 bridgehead atoms. The summed E-state index contributed by atoms with van der Waals surface area (Å²) in [7, 11) is -3.02. The van der Waals surface area contributed by atoms with Gasteiger partial charge in [0.2, 0.25) is 5.91 Å². The van der Waals surface area contributed by atoms with E-state index in [4.69, 9.17) is 11.6 Å². The quantitative estimate of drug-likeness (QED) is 0.550. The Bertz CT molecular complexity index is 1280. The van der Waals surface area contributed by atoms with E-state index in [1.807, 2.05) is 0 Å². The van der Waals surface area contributed by atoms with Crippen LogP contribution in [0.4, 0.5) is 19.0 Å². The van der Waals surface area contributed by atoms with Crippen molar-refractivity contribution in [1.82, 2.24) is 4.57 Å². The Labute approximate surface area is 175 Å². The minimum absolute atomic E-state index is 0.0561. The minimum atomic E-state index is -4.75. The predicted molar refractivity (Wildman–Crippen MR) is 107 cm³/mol. The van der Waals surface area contributed by atoms with Crippen LogP contribution in [0, 0.1) is 6.92 Å². The van der Waals surface area contributed by atoms with Crippen LogP contribution in [-0.2, 0) is 21.9 Å². The van der Waals surface area contributed by atoms with Crippen molar-refractivity contribution in [2.75, 3.05) is 4.31 Å². The van der Waals surface area contributed by atoms with Crippen molar-refractivity contribution in [2.24, 2.45) is 7.05 Å². The number of aromatic nitrogens is 1. The molecular formula is C20H16ClF3N2O3S. The molecule has 1 atom stereocenters. The molecule has 30 heavy (non-hydrogen) atoms. The number of nitrogens with zero attached hydrogens (tertiary/aromatic N) is 2. The van der Waals surface area contributed by atoms with Gasteiger partial charge in [-0.15, -0.1) is 0 Å². The monoisotopic (exact) mass is 456 g/mol. The lowest BCUT2D eigenvalue weighted by Gasteiger charge is -2.33. The van der Waals surface area contributed by atoms with Gasteiger partial charge in [0.05, 0.1) is 21.4 Å². The number of halogens is 4. The molecule has 5 nitrogen and oxygen atoms in total. The molecule has 0 saturated heterocycles. The fraction of sp³-hybridized carbons (Fsp3) is 0.250. The molecule has 0 aliphatic carbocycles. The van der Waals surface area contributed by atoms with Crippen LogP contribution in [0.1, 0.15) is 23.5 Å². The lowest BCUT2D eigenvalue weighted by Crippen LogP contribution is -2.44. The van der Waals surface area contributed by atoms with Crippen molar-refractivity contribution < 1.29 is 26.4 Å². The summed E-state index contributed by atoms with van der Waals surface area (Å²) in [5, 5.41) is 0.149. The Morgan fingerprint density at radius 2 is 1.73 bits per heavy atom. The van der Waals surface area contributed by atoms with Crippen molar-refractivity contribution in [3.63, 3.8) is 0 Å². The first-order chi connectivity index (χ1) is 13.9. The highest BCUT2D eigenvalue weighted by molar-refractivity contribution is 7.93. The highest BCUT2D eigenvalue weighted by atomic mass is 35.5. The summed E-state index contributed by atoms with van der Waals surface area (Å²) in [4.78, 5) is 12.6. The third-order valence-corrected chi connectivity index (χ3v) is 7.32. The summed E-state index contributed by atoms with van der Waals surface area (Å²) in [6.45, 7) is 1.76.